The van der Waals surface area contributed by atoms with Gasteiger partial charge in [-0.3, -0.25) is 0 Å². The Bertz CT molecular complexity index is 673. The Morgan fingerprint density at radius 1 is 1.37 bits per heavy atom. The third-order valence-corrected chi connectivity index (χ3v) is 3.96. The van der Waals surface area contributed by atoms with Gasteiger partial charge in [0.2, 0.25) is 0 Å². The van der Waals surface area contributed by atoms with Crippen LogP contribution in [-0.4, -0.2) is 27.0 Å². The molecular formula is C14H19NO3S. The molecule has 1 unspecified atom stereocenters. The first-order chi connectivity index (χ1) is 8.90. The molecular weight excluding hydrogens is 262 g/mol. The predicted octanol–water partition coefficient (Wildman–Crippen LogP) is 2.44. The Hall–Kier alpha value is -1.33. The normalized spacial score (nSPS) is 13.8. The van der Waals surface area contributed by atoms with Crippen LogP contribution in [0.1, 0.15) is 24.3 Å². The van der Waals surface area contributed by atoms with Gasteiger partial charge in [0.1, 0.15) is 21.2 Å². The monoisotopic (exact) mass is 281 g/mol. The molecule has 0 amide bonds. The van der Waals surface area contributed by atoms with E-state index >= 15 is 0 Å². The van der Waals surface area contributed by atoms with Gasteiger partial charge in [0.05, 0.1) is 11.8 Å². The zero-order valence-electron chi connectivity index (χ0n) is 11.4. The summed E-state index contributed by atoms with van der Waals surface area (Å²) >= 11 is 0. The van der Waals surface area contributed by atoms with Crippen molar-refractivity contribution in [2.24, 2.45) is 0 Å². The third kappa shape index (κ3) is 3.36. The van der Waals surface area contributed by atoms with E-state index in [0.29, 0.717) is 12.3 Å². The minimum atomic E-state index is -3.06. The Kier molecular flexibility index (Phi) is 3.96. The molecule has 0 bridgehead atoms. The summed E-state index contributed by atoms with van der Waals surface area (Å²) in [5.74, 6) is 0.719. The molecule has 0 aliphatic rings. The van der Waals surface area contributed by atoms with E-state index in [1.54, 1.807) is 0 Å². The second-order valence-electron chi connectivity index (χ2n) is 4.84. The summed E-state index contributed by atoms with van der Waals surface area (Å²) in [5.41, 5.74) is 1.88. The van der Waals surface area contributed by atoms with Crippen molar-refractivity contribution in [2.45, 2.75) is 19.9 Å². The van der Waals surface area contributed by atoms with Crippen molar-refractivity contribution in [1.29, 1.82) is 0 Å². The minimum absolute atomic E-state index is 0.0414. The first kappa shape index (κ1) is 14.1. The minimum Gasteiger partial charge on any atom is -0.459 e. The van der Waals surface area contributed by atoms with Crippen molar-refractivity contribution >= 4 is 20.8 Å². The summed E-state index contributed by atoms with van der Waals surface area (Å²) in [6, 6.07) is 7.54. The van der Waals surface area contributed by atoms with Crippen LogP contribution >= 0.6 is 0 Å². The topological polar surface area (TPSA) is 59.3 Å². The highest BCUT2D eigenvalue weighted by Gasteiger charge is 2.20. The second-order valence-corrected chi connectivity index (χ2v) is 7.03. The second kappa shape index (κ2) is 5.35. The van der Waals surface area contributed by atoms with Crippen molar-refractivity contribution in [1.82, 2.24) is 5.32 Å². The molecule has 0 aliphatic carbocycles. The van der Waals surface area contributed by atoms with E-state index in [9.17, 15) is 8.42 Å². The van der Waals surface area contributed by atoms with Crippen molar-refractivity contribution in [3.8, 4) is 0 Å². The van der Waals surface area contributed by atoms with Gasteiger partial charge < -0.3 is 9.73 Å². The van der Waals surface area contributed by atoms with Gasteiger partial charge in [0.15, 0.2) is 0 Å². The Morgan fingerprint density at radius 3 is 2.68 bits per heavy atom. The number of para-hydroxylation sites is 1. The molecule has 19 heavy (non-hydrogen) atoms. The molecule has 0 spiro atoms. The van der Waals surface area contributed by atoms with Crippen molar-refractivity contribution in [3.63, 3.8) is 0 Å². The summed E-state index contributed by atoms with van der Waals surface area (Å²) in [6.07, 6.45) is 1.24. The van der Waals surface area contributed by atoms with Gasteiger partial charge in [0, 0.05) is 11.6 Å². The molecule has 1 heterocycles. The first-order valence-corrected chi connectivity index (χ1v) is 8.37. The number of fused-ring (bicyclic) bond motifs is 1. The molecule has 0 fully saturated rings. The average Bonchev–Trinajstić information content (AvgIpc) is 2.72. The highest BCUT2D eigenvalue weighted by molar-refractivity contribution is 7.90. The summed E-state index contributed by atoms with van der Waals surface area (Å²) in [7, 11) is -3.06. The number of benzene rings is 1. The molecule has 0 aliphatic heterocycles. The predicted molar refractivity (Wildman–Crippen MR) is 77.1 cm³/mol. The van der Waals surface area contributed by atoms with Gasteiger partial charge in [-0.15, -0.1) is 0 Å². The number of aryl methyl sites for hydroxylation is 1. The number of hydrogen-bond donors (Lipinski definition) is 1. The van der Waals surface area contributed by atoms with Crippen molar-refractivity contribution < 1.29 is 12.8 Å². The van der Waals surface area contributed by atoms with Crippen molar-refractivity contribution in [3.05, 3.63) is 35.6 Å². The lowest BCUT2D eigenvalue weighted by Gasteiger charge is -2.13. The Balaban J connectivity index is 2.41. The molecule has 0 saturated carbocycles. The Labute approximate surface area is 113 Å². The molecule has 4 nitrogen and oxygen atoms in total. The smallest absolute Gasteiger partial charge is 0.149 e. The molecule has 104 valence electrons. The standard InChI is InChI=1S/C14H19NO3S/c1-4-15-12(9-19(3,16)17)13-8-11-7-5-6-10(2)14(11)18-13/h5-8,12,15H,4,9H2,1-3H3. The number of rotatable bonds is 5. The summed E-state index contributed by atoms with van der Waals surface area (Å²) in [5, 5.41) is 4.17. The summed E-state index contributed by atoms with van der Waals surface area (Å²) in [6.45, 7) is 4.62. The van der Waals surface area contributed by atoms with Gasteiger partial charge in [-0.25, -0.2) is 8.42 Å². The fraction of sp³-hybridized carbons (Fsp3) is 0.429. The number of hydrogen-bond acceptors (Lipinski definition) is 4. The van der Waals surface area contributed by atoms with E-state index < -0.39 is 9.84 Å². The zero-order chi connectivity index (χ0) is 14.0. The maximum absolute atomic E-state index is 11.5. The Morgan fingerprint density at radius 2 is 2.11 bits per heavy atom. The van der Waals surface area contributed by atoms with E-state index in [2.05, 4.69) is 5.32 Å². The largest absolute Gasteiger partial charge is 0.459 e. The molecule has 2 rings (SSSR count). The van der Waals surface area contributed by atoms with E-state index in [4.69, 9.17) is 4.42 Å². The molecule has 1 aromatic heterocycles. The third-order valence-electron chi connectivity index (χ3n) is 3.02. The van der Waals surface area contributed by atoms with Crippen LogP contribution in [0.2, 0.25) is 0 Å². The highest BCUT2D eigenvalue weighted by atomic mass is 32.2. The molecule has 0 saturated heterocycles. The van der Waals surface area contributed by atoms with Gasteiger partial charge in [-0.2, -0.15) is 0 Å². The quantitative estimate of drug-likeness (QED) is 0.914. The molecule has 5 heteroatoms. The number of sulfone groups is 1. The fourth-order valence-electron chi connectivity index (χ4n) is 2.19. The summed E-state index contributed by atoms with van der Waals surface area (Å²) in [4.78, 5) is 0. The van der Waals surface area contributed by atoms with E-state index in [1.807, 2.05) is 38.1 Å². The van der Waals surface area contributed by atoms with E-state index in [0.717, 1.165) is 16.5 Å². The number of nitrogens with one attached hydrogen (secondary N) is 1. The van der Waals surface area contributed by atoms with Crippen LogP contribution in [0.15, 0.2) is 28.7 Å². The molecule has 1 aromatic carbocycles. The SMILES string of the molecule is CCNC(CS(C)(=O)=O)c1cc2cccc(C)c2o1. The van der Waals surface area contributed by atoms with Crippen LogP contribution in [0.25, 0.3) is 11.0 Å². The molecule has 2 aromatic rings. The number of furan rings is 1. The van der Waals surface area contributed by atoms with Crippen LogP contribution in [0, 0.1) is 6.92 Å². The lowest BCUT2D eigenvalue weighted by atomic mass is 10.1. The van der Waals surface area contributed by atoms with Crippen LogP contribution in [0.3, 0.4) is 0 Å². The van der Waals surface area contributed by atoms with Crippen molar-refractivity contribution in [2.75, 3.05) is 18.6 Å². The lowest BCUT2D eigenvalue weighted by molar-refractivity contribution is 0.456. The zero-order valence-corrected chi connectivity index (χ0v) is 12.3. The van der Waals surface area contributed by atoms with Crippen LogP contribution < -0.4 is 5.32 Å². The molecule has 0 radical (unpaired) electrons. The van der Waals surface area contributed by atoms with Crippen LogP contribution in [0.4, 0.5) is 0 Å². The van der Waals surface area contributed by atoms with E-state index in [1.165, 1.54) is 6.26 Å². The molecule has 1 N–H and O–H groups in total. The fourth-order valence-corrected chi connectivity index (χ4v) is 3.08. The highest BCUT2D eigenvalue weighted by Crippen LogP contribution is 2.27. The van der Waals surface area contributed by atoms with Gasteiger partial charge >= 0.3 is 0 Å². The lowest BCUT2D eigenvalue weighted by Crippen LogP contribution is -2.27. The van der Waals surface area contributed by atoms with Gasteiger partial charge in [-0.1, -0.05) is 25.1 Å². The van der Waals surface area contributed by atoms with Crippen LogP contribution in [-0.2, 0) is 9.84 Å². The van der Waals surface area contributed by atoms with Crippen LogP contribution in [0.5, 0.6) is 0 Å². The maximum atomic E-state index is 11.5. The van der Waals surface area contributed by atoms with E-state index in [-0.39, 0.29) is 11.8 Å². The molecule has 1 atom stereocenters. The van der Waals surface area contributed by atoms with Gasteiger partial charge in [0.25, 0.3) is 0 Å². The maximum Gasteiger partial charge on any atom is 0.149 e. The summed E-state index contributed by atoms with van der Waals surface area (Å²) < 4.78 is 28.8. The first-order valence-electron chi connectivity index (χ1n) is 6.31. The van der Waals surface area contributed by atoms with Gasteiger partial charge in [-0.05, 0) is 25.1 Å². The average molecular weight is 281 g/mol.